The lowest BCUT2D eigenvalue weighted by Gasteiger charge is -2.08. The zero-order chi connectivity index (χ0) is 14.9. The van der Waals surface area contributed by atoms with Crippen molar-refractivity contribution in [2.24, 2.45) is 0 Å². The standard InChI is InChI=1S/C12H7BrN2O5/c13-9-5-8(15(19)20)2-3-10(9)14-6-7(12(17)18)1-4-11(14)16/h1-6H,(H,17,18). The maximum Gasteiger partial charge on any atom is 0.337 e. The molecule has 1 aromatic carbocycles. The number of rotatable bonds is 3. The molecule has 0 saturated heterocycles. The van der Waals surface area contributed by atoms with Gasteiger partial charge in [0, 0.05) is 28.9 Å². The van der Waals surface area contributed by atoms with Gasteiger partial charge in [0.25, 0.3) is 11.2 Å². The monoisotopic (exact) mass is 338 g/mol. The maximum atomic E-state index is 11.8. The van der Waals surface area contributed by atoms with Crippen LogP contribution in [0.5, 0.6) is 0 Å². The summed E-state index contributed by atoms with van der Waals surface area (Å²) < 4.78 is 1.42. The van der Waals surface area contributed by atoms with Gasteiger partial charge in [-0.15, -0.1) is 0 Å². The third-order valence-electron chi connectivity index (χ3n) is 2.56. The third-order valence-corrected chi connectivity index (χ3v) is 3.19. The molecular weight excluding hydrogens is 332 g/mol. The van der Waals surface area contributed by atoms with Crippen LogP contribution in [0.25, 0.3) is 5.69 Å². The first-order valence-electron chi connectivity index (χ1n) is 5.30. The molecule has 0 fully saturated rings. The topological polar surface area (TPSA) is 102 Å². The quantitative estimate of drug-likeness (QED) is 0.682. The average Bonchev–Trinajstić information content (AvgIpc) is 2.39. The zero-order valence-electron chi connectivity index (χ0n) is 9.82. The minimum atomic E-state index is -1.17. The van der Waals surface area contributed by atoms with Crippen molar-refractivity contribution < 1.29 is 14.8 Å². The number of hydrogen-bond donors (Lipinski definition) is 1. The van der Waals surface area contributed by atoms with E-state index in [1.54, 1.807) is 0 Å². The van der Waals surface area contributed by atoms with Gasteiger partial charge in [-0.3, -0.25) is 19.5 Å². The summed E-state index contributed by atoms with van der Waals surface area (Å²) in [7, 11) is 0. The SMILES string of the molecule is O=C(O)c1ccc(=O)n(-c2ccc([N+](=O)[O-])cc2Br)c1. The van der Waals surface area contributed by atoms with Gasteiger partial charge in [-0.1, -0.05) is 0 Å². The van der Waals surface area contributed by atoms with Crippen LogP contribution in [-0.2, 0) is 0 Å². The van der Waals surface area contributed by atoms with Gasteiger partial charge in [0.15, 0.2) is 0 Å². The fourth-order valence-corrected chi connectivity index (χ4v) is 2.16. The van der Waals surface area contributed by atoms with Gasteiger partial charge in [0.2, 0.25) is 0 Å². The Balaban J connectivity index is 2.62. The largest absolute Gasteiger partial charge is 0.478 e. The van der Waals surface area contributed by atoms with E-state index in [9.17, 15) is 19.7 Å². The summed E-state index contributed by atoms with van der Waals surface area (Å²) in [5.41, 5.74) is -0.314. The van der Waals surface area contributed by atoms with Crippen molar-refractivity contribution in [3.8, 4) is 5.69 Å². The molecule has 2 aromatic rings. The molecule has 0 radical (unpaired) electrons. The molecule has 0 saturated carbocycles. The molecular formula is C12H7BrN2O5. The van der Waals surface area contributed by atoms with Crippen LogP contribution in [0.4, 0.5) is 5.69 Å². The first kappa shape index (κ1) is 13.9. The summed E-state index contributed by atoms with van der Waals surface area (Å²) in [6.45, 7) is 0. The number of hydrogen-bond acceptors (Lipinski definition) is 4. The van der Waals surface area contributed by atoms with Crippen molar-refractivity contribution in [3.05, 3.63) is 67.0 Å². The van der Waals surface area contributed by atoms with Gasteiger partial charge < -0.3 is 5.11 Å². The van der Waals surface area contributed by atoms with Crippen molar-refractivity contribution >= 4 is 27.6 Å². The molecule has 20 heavy (non-hydrogen) atoms. The third kappa shape index (κ3) is 2.59. The highest BCUT2D eigenvalue weighted by Gasteiger charge is 2.13. The number of halogens is 1. The Bertz CT molecular complexity index is 769. The van der Waals surface area contributed by atoms with Crippen LogP contribution in [0.15, 0.2) is 45.8 Å². The van der Waals surface area contributed by atoms with Gasteiger partial charge in [-0.05, 0) is 28.1 Å². The summed E-state index contributed by atoms with van der Waals surface area (Å²) >= 11 is 3.14. The Hall–Kier alpha value is -2.48. The maximum absolute atomic E-state index is 11.8. The molecule has 0 aliphatic rings. The molecule has 1 aromatic heterocycles. The Morgan fingerprint density at radius 1 is 1.30 bits per heavy atom. The van der Waals surface area contributed by atoms with Gasteiger partial charge in [0.1, 0.15) is 0 Å². The Kier molecular flexibility index (Phi) is 3.66. The van der Waals surface area contributed by atoms with E-state index < -0.39 is 16.5 Å². The Morgan fingerprint density at radius 2 is 2.00 bits per heavy atom. The van der Waals surface area contributed by atoms with E-state index in [4.69, 9.17) is 5.11 Å². The summed E-state index contributed by atoms with van der Waals surface area (Å²) in [5, 5.41) is 19.6. The van der Waals surface area contributed by atoms with Crippen LogP contribution in [0.1, 0.15) is 10.4 Å². The molecule has 7 nitrogen and oxygen atoms in total. The van der Waals surface area contributed by atoms with E-state index in [0.29, 0.717) is 10.2 Å². The predicted octanol–water partition coefficient (Wildman–Crippen LogP) is 2.21. The van der Waals surface area contributed by atoms with Crippen LogP contribution >= 0.6 is 15.9 Å². The van der Waals surface area contributed by atoms with Crippen molar-refractivity contribution in [3.63, 3.8) is 0 Å². The van der Waals surface area contributed by atoms with Crippen molar-refractivity contribution in [1.29, 1.82) is 0 Å². The number of nitrogens with zero attached hydrogens (tertiary/aromatic N) is 2. The van der Waals surface area contributed by atoms with E-state index in [-0.39, 0.29) is 11.3 Å². The minimum absolute atomic E-state index is 0.0603. The normalized spacial score (nSPS) is 10.2. The van der Waals surface area contributed by atoms with Gasteiger partial charge in [-0.25, -0.2) is 4.79 Å². The first-order valence-corrected chi connectivity index (χ1v) is 6.10. The van der Waals surface area contributed by atoms with Crippen LogP contribution in [-0.4, -0.2) is 20.6 Å². The highest BCUT2D eigenvalue weighted by Crippen LogP contribution is 2.25. The number of aromatic carboxylic acids is 1. The molecule has 0 aliphatic carbocycles. The number of carboxylic acid groups (broad SMARTS) is 1. The van der Waals surface area contributed by atoms with Gasteiger partial charge >= 0.3 is 5.97 Å². The molecule has 0 atom stereocenters. The van der Waals surface area contributed by atoms with E-state index in [2.05, 4.69) is 15.9 Å². The molecule has 0 bridgehead atoms. The number of aromatic nitrogens is 1. The van der Waals surface area contributed by atoms with Crippen LogP contribution < -0.4 is 5.56 Å². The van der Waals surface area contributed by atoms with E-state index >= 15 is 0 Å². The predicted molar refractivity (Wildman–Crippen MR) is 73.4 cm³/mol. The Labute approximate surface area is 120 Å². The molecule has 0 amide bonds. The average molecular weight is 339 g/mol. The van der Waals surface area contributed by atoms with Crippen molar-refractivity contribution in [2.45, 2.75) is 0 Å². The fraction of sp³-hybridized carbons (Fsp3) is 0. The number of non-ortho nitro benzene ring substituents is 1. The Morgan fingerprint density at radius 3 is 2.55 bits per heavy atom. The molecule has 0 aliphatic heterocycles. The lowest BCUT2D eigenvalue weighted by Crippen LogP contribution is -2.18. The molecule has 2 rings (SSSR count). The molecule has 8 heteroatoms. The molecule has 1 heterocycles. The molecule has 0 spiro atoms. The molecule has 102 valence electrons. The van der Waals surface area contributed by atoms with Crippen molar-refractivity contribution in [1.82, 2.24) is 4.57 Å². The first-order chi connectivity index (χ1) is 9.40. The second-order valence-corrected chi connectivity index (χ2v) is 4.68. The van der Waals surface area contributed by atoms with E-state index in [0.717, 1.165) is 16.8 Å². The lowest BCUT2D eigenvalue weighted by molar-refractivity contribution is -0.384. The highest BCUT2D eigenvalue weighted by atomic mass is 79.9. The number of carbonyl (C=O) groups is 1. The van der Waals surface area contributed by atoms with Crippen LogP contribution in [0, 0.1) is 10.1 Å². The minimum Gasteiger partial charge on any atom is -0.478 e. The summed E-state index contributed by atoms with van der Waals surface area (Å²) in [4.78, 5) is 32.8. The molecule has 0 unspecified atom stereocenters. The second-order valence-electron chi connectivity index (χ2n) is 3.82. The number of nitro groups is 1. The van der Waals surface area contributed by atoms with Crippen LogP contribution in [0.3, 0.4) is 0 Å². The summed E-state index contributed by atoms with van der Waals surface area (Å²) in [6, 6.07) is 6.17. The summed E-state index contributed by atoms with van der Waals surface area (Å²) in [6.07, 6.45) is 1.16. The number of benzene rings is 1. The fourth-order valence-electron chi connectivity index (χ4n) is 1.61. The van der Waals surface area contributed by atoms with Gasteiger partial charge in [0.05, 0.1) is 16.2 Å². The number of pyridine rings is 1. The van der Waals surface area contributed by atoms with Gasteiger partial charge in [-0.2, -0.15) is 0 Å². The molecule has 1 N–H and O–H groups in total. The van der Waals surface area contributed by atoms with E-state index in [1.807, 2.05) is 0 Å². The summed E-state index contributed by atoms with van der Waals surface area (Å²) in [5.74, 6) is -1.17. The smallest absolute Gasteiger partial charge is 0.337 e. The number of nitro benzene ring substituents is 1. The second kappa shape index (κ2) is 5.25. The number of carboxylic acids is 1. The van der Waals surface area contributed by atoms with Crippen LogP contribution in [0.2, 0.25) is 0 Å². The van der Waals surface area contributed by atoms with E-state index in [1.165, 1.54) is 24.3 Å². The lowest BCUT2D eigenvalue weighted by atomic mass is 10.2. The van der Waals surface area contributed by atoms with Crippen molar-refractivity contribution in [2.75, 3.05) is 0 Å². The highest BCUT2D eigenvalue weighted by molar-refractivity contribution is 9.10. The zero-order valence-corrected chi connectivity index (χ0v) is 11.4.